The fourth-order valence-corrected chi connectivity index (χ4v) is 2.86. The lowest BCUT2D eigenvalue weighted by atomic mass is 9.68. The highest BCUT2D eigenvalue weighted by molar-refractivity contribution is 5.92. The Morgan fingerprint density at radius 3 is 2.47 bits per heavy atom. The predicted octanol–water partition coefficient (Wildman–Crippen LogP) is 3.13. The van der Waals surface area contributed by atoms with Crippen LogP contribution in [-0.4, -0.2) is 18.8 Å². The molecule has 0 unspecified atom stereocenters. The van der Waals surface area contributed by atoms with Crippen molar-refractivity contribution in [3.05, 3.63) is 35.9 Å². The third-order valence-electron chi connectivity index (χ3n) is 3.86. The predicted molar refractivity (Wildman–Crippen MR) is 72.9 cm³/mol. The first-order chi connectivity index (χ1) is 8.29. The van der Waals surface area contributed by atoms with Crippen molar-refractivity contribution in [3.8, 4) is 0 Å². The van der Waals surface area contributed by atoms with Crippen LogP contribution in [0, 0.1) is 5.41 Å². The molecule has 17 heavy (non-hydrogen) atoms. The molecule has 92 valence electrons. The Hall–Kier alpha value is -1.15. The zero-order valence-corrected chi connectivity index (χ0v) is 10.6. The molecule has 0 aliphatic carbocycles. The summed E-state index contributed by atoms with van der Waals surface area (Å²) in [4.78, 5) is 0. The van der Waals surface area contributed by atoms with E-state index in [9.17, 15) is 0 Å². The average Bonchev–Trinajstić information content (AvgIpc) is 2.41. The number of piperidine rings is 1. The third-order valence-corrected chi connectivity index (χ3v) is 3.86. The van der Waals surface area contributed by atoms with Gasteiger partial charge in [-0.2, -0.15) is 0 Å². The topological polar surface area (TPSA) is 35.9 Å². The van der Waals surface area contributed by atoms with Crippen LogP contribution < -0.4 is 5.32 Å². The second-order valence-corrected chi connectivity index (χ2v) is 4.93. The van der Waals surface area contributed by atoms with Crippen LogP contribution in [0.15, 0.2) is 30.3 Å². The van der Waals surface area contributed by atoms with Crippen LogP contribution >= 0.6 is 0 Å². The number of hydrogen-bond donors (Lipinski definition) is 2. The lowest BCUT2D eigenvalue weighted by Crippen LogP contribution is -2.45. The summed E-state index contributed by atoms with van der Waals surface area (Å²) in [5.41, 5.74) is 2.26. The molecule has 1 aliphatic heterocycles. The average molecular weight is 230 g/mol. The van der Waals surface area contributed by atoms with Gasteiger partial charge in [0.2, 0.25) is 0 Å². The minimum atomic E-state index is 0.00250. The normalized spacial score (nSPS) is 18.9. The van der Waals surface area contributed by atoms with Gasteiger partial charge in [-0.15, -0.1) is 0 Å². The van der Waals surface area contributed by atoms with Crippen molar-refractivity contribution in [2.45, 2.75) is 38.0 Å². The molecule has 2 heteroatoms. The van der Waals surface area contributed by atoms with E-state index in [1.807, 2.05) is 0 Å². The number of nitrogens with one attached hydrogen (secondary N) is 2. The fourth-order valence-electron chi connectivity index (χ4n) is 2.86. The summed E-state index contributed by atoms with van der Waals surface area (Å²) >= 11 is 0. The molecule has 2 N–H and O–H groups in total. The highest BCUT2D eigenvalue weighted by Crippen LogP contribution is 2.35. The Kier molecular flexibility index (Phi) is 3.95. The molecule has 1 heterocycles. The Balaban J connectivity index is 2.33. The first kappa shape index (κ1) is 12.3. The molecule has 2 rings (SSSR count). The van der Waals surface area contributed by atoms with E-state index in [4.69, 9.17) is 5.41 Å². The van der Waals surface area contributed by atoms with E-state index in [1.54, 1.807) is 0 Å². The molecule has 0 radical (unpaired) electrons. The maximum atomic E-state index is 8.44. The largest absolute Gasteiger partial charge is 0.317 e. The molecule has 0 atom stereocenters. The molecular weight excluding hydrogens is 208 g/mol. The zero-order valence-electron chi connectivity index (χ0n) is 10.6. The molecule has 1 aromatic rings. The van der Waals surface area contributed by atoms with E-state index < -0.39 is 0 Å². The first-order valence-corrected chi connectivity index (χ1v) is 6.64. The summed E-state index contributed by atoms with van der Waals surface area (Å²) < 4.78 is 0. The van der Waals surface area contributed by atoms with Gasteiger partial charge >= 0.3 is 0 Å². The molecule has 1 aliphatic rings. The van der Waals surface area contributed by atoms with Crippen LogP contribution in [0.3, 0.4) is 0 Å². The molecule has 0 bridgehead atoms. The summed E-state index contributed by atoms with van der Waals surface area (Å²) in [5, 5.41) is 11.9. The minimum Gasteiger partial charge on any atom is -0.317 e. The Morgan fingerprint density at radius 1 is 1.24 bits per heavy atom. The van der Waals surface area contributed by atoms with Crippen molar-refractivity contribution in [3.63, 3.8) is 0 Å². The number of hydrogen-bond acceptors (Lipinski definition) is 2. The monoisotopic (exact) mass is 230 g/mol. The van der Waals surface area contributed by atoms with Gasteiger partial charge in [-0.25, -0.2) is 0 Å². The van der Waals surface area contributed by atoms with Gasteiger partial charge in [-0.1, -0.05) is 43.7 Å². The van der Waals surface area contributed by atoms with Gasteiger partial charge in [-0.3, -0.25) is 0 Å². The summed E-state index contributed by atoms with van der Waals surface area (Å²) in [7, 11) is 0. The lowest BCUT2D eigenvalue weighted by Gasteiger charge is -2.39. The van der Waals surface area contributed by atoms with Crippen LogP contribution in [0.4, 0.5) is 0 Å². The van der Waals surface area contributed by atoms with Crippen molar-refractivity contribution in [1.29, 1.82) is 5.41 Å². The van der Waals surface area contributed by atoms with Crippen LogP contribution in [0.1, 0.15) is 38.2 Å². The van der Waals surface area contributed by atoms with Gasteiger partial charge in [0.25, 0.3) is 0 Å². The quantitative estimate of drug-likeness (QED) is 0.766. The van der Waals surface area contributed by atoms with E-state index in [1.165, 1.54) is 5.56 Å². The molecule has 2 nitrogen and oxygen atoms in total. The molecule has 1 fully saturated rings. The van der Waals surface area contributed by atoms with Gasteiger partial charge in [0.15, 0.2) is 0 Å². The summed E-state index contributed by atoms with van der Waals surface area (Å²) in [5.74, 6) is 0. The smallest absolute Gasteiger partial charge is 0.0353 e. The SMILES string of the molecule is CCCC(=N)C1(c2ccccc2)CCNCC1. The van der Waals surface area contributed by atoms with Crippen molar-refractivity contribution < 1.29 is 0 Å². The van der Waals surface area contributed by atoms with E-state index in [0.717, 1.165) is 44.5 Å². The Bertz CT molecular complexity index is 364. The molecule has 0 amide bonds. The highest BCUT2D eigenvalue weighted by Gasteiger charge is 2.37. The zero-order chi connectivity index (χ0) is 12.1. The number of benzene rings is 1. The Labute approximate surface area is 104 Å². The van der Waals surface area contributed by atoms with E-state index in [-0.39, 0.29) is 5.41 Å². The summed E-state index contributed by atoms with van der Waals surface area (Å²) in [6.45, 7) is 4.22. The second kappa shape index (κ2) is 5.46. The van der Waals surface area contributed by atoms with Gasteiger partial charge in [0.1, 0.15) is 0 Å². The van der Waals surface area contributed by atoms with Crippen molar-refractivity contribution in [2.75, 3.05) is 13.1 Å². The van der Waals surface area contributed by atoms with Gasteiger partial charge < -0.3 is 10.7 Å². The van der Waals surface area contributed by atoms with Crippen molar-refractivity contribution >= 4 is 5.71 Å². The molecule has 0 aromatic heterocycles. The molecule has 0 saturated carbocycles. The summed E-state index contributed by atoms with van der Waals surface area (Å²) in [6, 6.07) is 10.6. The molecular formula is C15H22N2. The minimum absolute atomic E-state index is 0.00250. The maximum Gasteiger partial charge on any atom is 0.0353 e. The molecule has 0 spiro atoms. The molecule has 1 aromatic carbocycles. The van der Waals surface area contributed by atoms with E-state index in [2.05, 4.69) is 42.6 Å². The Morgan fingerprint density at radius 2 is 1.88 bits per heavy atom. The van der Waals surface area contributed by atoms with Crippen molar-refractivity contribution in [2.24, 2.45) is 0 Å². The van der Waals surface area contributed by atoms with Gasteiger partial charge in [0, 0.05) is 11.1 Å². The highest BCUT2D eigenvalue weighted by atomic mass is 14.9. The van der Waals surface area contributed by atoms with Crippen LogP contribution in [0.25, 0.3) is 0 Å². The first-order valence-electron chi connectivity index (χ1n) is 6.64. The fraction of sp³-hybridized carbons (Fsp3) is 0.533. The third kappa shape index (κ3) is 2.42. The van der Waals surface area contributed by atoms with Crippen molar-refractivity contribution in [1.82, 2.24) is 5.32 Å². The van der Waals surface area contributed by atoms with Crippen LogP contribution in [-0.2, 0) is 5.41 Å². The van der Waals surface area contributed by atoms with Gasteiger partial charge in [0.05, 0.1) is 0 Å². The number of rotatable bonds is 4. The summed E-state index contributed by atoms with van der Waals surface area (Å²) in [6.07, 6.45) is 4.13. The lowest BCUT2D eigenvalue weighted by molar-refractivity contribution is 0.390. The van der Waals surface area contributed by atoms with Crippen LogP contribution in [0.2, 0.25) is 0 Å². The molecule has 1 saturated heterocycles. The second-order valence-electron chi connectivity index (χ2n) is 4.93. The van der Waals surface area contributed by atoms with E-state index in [0.29, 0.717) is 0 Å². The standard InChI is InChI=1S/C15H22N2/c1-2-6-14(16)15(9-11-17-12-10-15)13-7-4-3-5-8-13/h3-5,7-8,16-17H,2,6,9-12H2,1H3. The van der Waals surface area contributed by atoms with Gasteiger partial charge in [-0.05, 0) is 37.9 Å². The van der Waals surface area contributed by atoms with E-state index >= 15 is 0 Å². The maximum absolute atomic E-state index is 8.44. The van der Waals surface area contributed by atoms with Crippen LogP contribution in [0.5, 0.6) is 0 Å².